The molecule has 86 valence electrons. The molecule has 0 aliphatic rings. The topological polar surface area (TPSA) is 74.6 Å². The Hall–Kier alpha value is -1.32. The minimum Gasteiger partial charge on any atom is -0.480 e. The fourth-order valence-electron chi connectivity index (χ4n) is 1.61. The second kappa shape index (κ2) is 4.96. The Morgan fingerprint density at radius 2 is 1.47 bits per heavy atom. The van der Waals surface area contributed by atoms with Crippen LogP contribution >= 0.6 is 0 Å². The lowest BCUT2D eigenvalue weighted by Gasteiger charge is -2.26. The van der Waals surface area contributed by atoms with Gasteiger partial charge in [0.25, 0.3) is 0 Å². The first kappa shape index (κ1) is 13.7. The van der Waals surface area contributed by atoms with Crippen LogP contribution in [0.4, 0.5) is 0 Å². The van der Waals surface area contributed by atoms with Crippen LogP contribution < -0.4 is 0 Å². The summed E-state index contributed by atoms with van der Waals surface area (Å²) < 4.78 is 0. The molecule has 2 N–H and O–H groups in total. The second-order valence-corrected chi connectivity index (χ2v) is 3.63. The Kier molecular flexibility index (Phi) is 4.52. The molecule has 0 aromatic carbocycles. The van der Waals surface area contributed by atoms with E-state index in [0.29, 0.717) is 12.0 Å². The van der Waals surface area contributed by atoms with Crippen molar-refractivity contribution >= 4 is 11.9 Å². The lowest BCUT2D eigenvalue weighted by atomic mass is 9.76. The summed E-state index contributed by atoms with van der Waals surface area (Å²) in [6, 6.07) is 0. The molecule has 4 nitrogen and oxygen atoms in total. The summed E-state index contributed by atoms with van der Waals surface area (Å²) >= 11 is 0. The largest absolute Gasteiger partial charge is 0.480 e. The van der Waals surface area contributed by atoms with Gasteiger partial charge in [0.05, 0.1) is 0 Å². The van der Waals surface area contributed by atoms with Crippen molar-refractivity contribution in [3.63, 3.8) is 0 Å². The lowest BCUT2D eigenvalue weighted by Crippen LogP contribution is -2.40. The Bertz CT molecular complexity index is 288. The van der Waals surface area contributed by atoms with Gasteiger partial charge in [0.15, 0.2) is 5.41 Å². The molecule has 0 saturated heterocycles. The van der Waals surface area contributed by atoms with E-state index in [1.165, 1.54) is 0 Å². The van der Waals surface area contributed by atoms with Crippen molar-refractivity contribution in [2.45, 2.75) is 40.5 Å². The molecule has 0 atom stereocenters. The number of allylic oxidation sites excluding steroid dienone is 1. The highest BCUT2D eigenvalue weighted by atomic mass is 16.4. The third-order valence-electron chi connectivity index (χ3n) is 3.07. The maximum Gasteiger partial charge on any atom is 0.325 e. The van der Waals surface area contributed by atoms with Crippen molar-refractivity contribution in [1.29, 1.82) is 0 Å². The zero-order chi connectivity index (χ0) is 12.2. The number of rotatable bonds is 5. The van der Waals surface area contributed by atoms with Gasteiger partial charge in [0.2, 0.25) is 0 Å². The highest BCUT2D eigenvalue weighted by Gasteiger charge is 2.47. The van der Waals surface area contributed by atoms with Crippen LogP contribution in [0.2, 0.25) is 0 Å². The number of aliphatic carboxylic acids is 2. The van der Waals surface area contributed by atoms with Crippen LogP contribution in [0.5, 0.6) is 0 Å². The van der Waals surface area contributed by atoms with Crippen molar-refractivity contribution in [2.75, 3.05) is 0 Å². The number of carbonyl (C=O) groups is 2. The van der Waals surface area contributed by atoms with Gasteiger partial charge in [0.1, 0.15) is 0 Å². The van der Waals surface area contributed by atoms with E-state index in [4.69, 9.17) is 10.2 Å². The Morgan fingerprint density at radius 1 is 1.07 bits per heavy atom. The van der Waals surface area contributed by atoms with E-state index in [2.05, 4.69) is 0 Å². The van der Waals surface area contributed by atoms with Gasteiger partial charge < -0.3 is 10.2 Å². The van der Waals surface area contributed by atoms with Crippen LogP contribution in [-0.4, -0.2) is 22.2 Å². The van der Waals surface area contributed by atoms with Crippen molar-refractivity contribution < 1.29 is 19.8 Å². The molecule has 4 heteroatoms. The molecule has 0 spiro atoms. The monoisotopic (exact) mass is 214 g/mol. The molecular weight excluding hydrogens is 196 g/mol. The average molecular weight is 214 g/mol. The van der Waals surface area contributed by atoms with Gasteiger partial charge in [-0.1, -0.05) is 19.4 Å². The molecule has 0 aromatic heterocycles. The molecular formula is C11H18O4. The standard InChI is InChI=1S/C11H18O4/c1-5-7(3)8(4)11(6-2,9(12)13)10(14)15/h5-6H2,1-4H3,(H,12,13)(H,14,15)/b8-7+. The molecule has 0 aliphatic carbocycles. The van der Waals surface area contributed by atoms with E-state index in [9.17, 15) is 9.59 Å². The van der Waals surface area contributed by atoms with Crippen LogP contribution in [0.3, 0.4) is 0 Å². The first-order chi connectivity index (χ1) is 6.84. The van der Waals surface area contributed by atoms with Crippen molar-refractivity contribution in [2.24, 2.45) is 5.41 Å². The Morgan fingerprint density at radius 3 is 1.67 bits per heavy atom. The zero-order valence-corrected chi connectivity index (χ0v) is 9.63. The first-order valence-corrected chi connectivity index (χ1v) is 4.98. The fourth-order valence-corrected chi connectivity index (χ4v) is 1.61. The second-order valence-electron chi connectivity index (χ2n) is 3.63. The smallest absolute Gasteiger partial charge is 0.325 e. The summed E-state index contributed by atoms with van der Waals surface area (Å²) in [5.41, 5.74) is -0.505. The van der Waals surface area contributed by atoms with Crippen LogP contribution in [-0.2, 0) is 9.59 Å². The van der Waals surface area contributed by atoms with Crippen LogP contribution in [0.15, 0.2) is 11.1 Å². The van der Waals surface area contributed by atoms with Crippen molar-refractivity contribution in [3.8, 4) is 0 Å². The molecule has 0 bridgehead atoms. The minimum absolute atomic E-state index is 0.0564. The lowest BCUT2D eigenvalue weighted by molar-refractivity contribution is -0.161. The number of hydrogen-bond acceptors (Lipinski definition) is 2. The van der Waals surface area contributed by atoms with E-state index < -0.39 is 17.4 Å². The first-order valence-electron chi connectivity index (χ1n) is 4.98. The predicted molar refractivity (Wildman–Crippen MR) is 56.7 cm³/mol. The SMILES string of the molecule is CC/C(C)=C(\C)C(CC)(C(=O)O)C(=O)O. The minimum atomic E-state index is -1.76. The third kappa shape index (κ3) is 2.19. The van der Waals surface area contributed by atoms with Gasteiger partial charge >= 0.3 is 11.9 Å². The summed E-state index contributed by atoms with van der Waals surface area (Å²) in [6.07, 6.45) is 0.717. The number of carboxylic acids is 2. The molecule has 0 heterocycles. The van der Waals surface area contributed by atoms with E-state index in [1.54, 1.807) is 20.8 Å². The van der Waals surface area contributed by atoms with E-state index in [0.717, 1.165) is 5.57 Å². The molecule has 15 heavy (non-hydrogen) atoms. The molecule has 0 radical (unpaired) electrons. The van der Waals surface area contributed by atoms with Gasteiger partial charge in [-0.05, 0) is 32.3 Å². The Labute approximate surface area is 89.6 Å². The molecule has 0 saturated carbocycles. The highest BCUT2D eigenvalue weighted by Crippen LogP contribution is 2.34. The predicted octanol–water partition coefficient (Wildman–Crippen LogP) is 2.30. The van der Waals surface area contributed by atoms with Gasteiger partial charge in [0, 0.05) is 0 Å². The molecule has 0 unspecified atom stereocenters. The van der Waals surface area contributed by atoms with E-state index in [1.807, 2.05) is 6.92 Å². The average Bonchev–Trinajstić information content (AvgIpc) is 2.17. The molecule has 0 amide bonds. The molecule has 0 rings (SSSR count). The number of carboxylic acid groups (broad SMARTS) is 2. The van der Waals surface area contributed by atoms with Crippen molar-refractivity contribution in [3.05, 3.63) is 11.1 Å². The normalized spacial score (nSPS) is 13.3. The summed E-state index contributed by atoms with van der Waals surface area (Å²) in [5, 5.41) is 18.2. The van der Waals surface area contributed by atoms with E-state index in [-0.39, 0.29) is 6.42 Å². The Balaban J connectivity index is 5.67. The highest BCUT2D eigenvalue weighted by molar-refractivity contribution is 6.01. The van der Waals surface area contributed by atoms with Gasteiger partial charge in [-0.2, -0.15) is 0 Å². The molecule has 0 aliphatic heterocycles. The third-order valence-corrected chi connectivity index (χ3v) is 3.07. The fraction of sp³-hybridized carbons (Fsp3) is 0.636. The molecule has 0 fully saturated rings. The van der Waals surface area contributed by atoms with E-state index >= 15 is 0 Å². The summed E-state index contributed by atoms with van der Waals surface area (Å²) in [7, 11) is 0. The van der Waals surface area contributed by atoms with Crippen molar-refractivity contribution in [1.82, 2.24) is 0 Å². The maximum absolute atomic E-state index is 11.1. The summed E-state index contributed by atoms with van der Waals surface area (Å²) in [6.45, 7) is 6.81. The zero-order valence-electron chi connectivity index (χ0n) is 9.63. The van der Waals surface area contributed by atoms with Crippen LogP contribution in [0.1, 0.15) is 40.5 Å². The quantitative estimate of drug-likeness (QED) is 0.544. The summed E-state index contributed by atoms with van der Waals surface area (Å²) in [4.78, 5) is 22.3. The molecule has 0 aromatic rings. The van der Waals surface area contributed by atoms with Gasteiger partial charge in [-0.3, -0.25) is 9.59 Å². The summed E-state index contributed by atoms with van der Waals surface area (Å²) in [5.74, 6) is -2.58. The van der Waals surface area contributed by atoms with Gasteiger partial charge in [-0.25, -0.2) is 0 Å². The maximum atomic E-state index is 11.1. The van der Waals surface area contributed by atoms with Crippen LogP contribution in [0, 0.1) is 5.41 Å². The number of hydrogen-bond donors (Lipinski definition) is 2. The van der Waals surface area contributed by atoms with Gasteiger partial charge in [-0.15, -0.1) is 0 Å². The van der Waals surface area contributed by atoms with Crippen LogP contribution in [0.25, 0.3) is 0 Å².